The first kappa shape index (κ1) is 15.3. The van der Waals surface area contributed by atoms with Crippen LogP contribution in [0.3, 0.4) is 0 Å². The van der Waals surface area contributed by atoms with Crippen molar-refractivity contribution in [2.75, 3.05) is 32.7 Å². The molecule has 0 bridgehead atoms. The molecule has 0 aliphatic rings. The van der Waals surface area contributed by atoms with Crippen LogP contribution in [0.25, 0.3) is 0 Å². The quantitative estimate of drug-likeness (QED) is 0.789. The Morgan fingerprint density at radius 1 is 0.952 bits per heavy atom. The van der Waals surface area contributed by atoms with Gasteiger partial charge in [-0.25, -0.2) is 0 Å². The van der Waals surface area contributed by atoms with Crippen LogP contribution in [0.1, 0.15) is 0 Å². The topological polar surface area (TPSA) is 39.7 Å². The van der Waals surface area contributed by atoms with Crippen molar-refractivity contribution >= 4 is 17.3 Å². The fraction of sp³-hybridized carbons (Fsp3) is 0.250. The number of benzene rings is 2. The van der Waals surface area contributed by atoms with E-state index in [9.17, 15) is 0 Å². The number of rotatable bonds is 7. The van der Waals surface area contributed by atoms with E-state index in [0.717, 1.165) is 17.2 Å². The molecule has 0 aliphatic heterocycles. The summed E-state index contributed by atoms with van der Waals surface area (Å²) in [7, 11) is 3.22. The molecule has 0 saturated heterocycles. The van der Waals surface area contributed by atoms with E-state index in [0.29, 0.717) is 23.9 Å². The van der Waals surface area contributed by atoms with Crippen LogP contribution in [0.2, 0.25) is 5.02 Å². The van der Waals surface area contributed by atoms with Crippen molar-refractivity contribution in [3.63, 3.8) is 0 Å². The van der Waals surface area contributed by atoms with Crippen molar-refractivity contribution in [1.82, 2.24) is 0 Å². The molecule has 21 heavy (non-hydrogen) atoms. The van der Waals surface area contributed by atoms with Crippen LogP contribution in [-0.2, 0) is 0 Å². The zero-order valence-corrected chi connectivity index (χ0v) is 12.8. The Hall–Kier alpha value is -2.07. The van der Waals surface area contributed by atoms with Gasteiger partial charge in [0.15, 0.2) is 11.5 Å². The third kappa shape index (κ3) is 4.20. The lowest BCUT2D eigenvalue weighted by Crippen LogP contribution is -2.11. The first-order valence-corrected chi connectivity index (χ1v) is 6.95. The fourth-order valence-electron chi connectivity index (χ4n) is 1.87. The van der Waals surface area contributed by atoms with Crippen molar-refractivity contribution in [2.45, 2.75) is 0 Å². The molecule has 2 aromatic rings. The predicted octanol–water partition coefficient (Wildman–Crippen LogP) is 3.85. The number of hydrogen-bond acceptors (Lipinski definition) is 4. The Bertz CT molecular complexity index is 589. The minimum absolute atomic E-state index is 0.518. The van der Waals surface area contributed by atoms with Crippen LogP contribution in [0.4, 0.5) is 5.69 Å². The van der Waals surface area contributed by atoms with E-state index in [2.05, 4.69) is 5.32 Å². The molecule has 112 valence electrons. The molecule has 0 aromatic heterocycles. The summed E-state index contributed by atoms with van der Waals surface area (Å²) in [5.41, 5.74) is 0.921. The molecule has 2 aromatic carbocycles. The first-order valence-electron chi connectivity index (χ1n) is 6.58. The van der Waals surface area contributed by atoms with E-state index in [1.165, 1.54) is 0 Å². The second-order valence-corrected chi connectivity index (χ2v) is 4.68. The number of ether oxygens (including phenoxy) is 3. The van der Waals surface area contributed by atoms with Gasteiger partial charge in [0.25, 0.3) is 0 Å². The molecule has 0 spiro atoms. The van der Waals surface area contributed by atoms with Gasteiger partial charge in [-0.2, -0.15) is 0 Å². The van der Waals surface area contributed by atoms with Crippen LogP contribution < -0.4 is 19.5 Å². The van der Waals surface area contributed by atoms with Crippen LogP contribution in [-0.4, -0.2) is 27.4 Å². The van der Waals surface area contributed by atoms with E-state index >= 15 is 0 Å². The minimum Gasteiger partial charge on any atom is -0.495 e. The highest BCUT2D eigenvalue weighted by Gasteiger charge is 2.03. The van der Waals surface area contributed by atoms with E-state index in [-0.39, 0.29) is 0 Å². The number of hydrogen-bond donors (Lipinski definition) is 1. The molecule has 1 N–H and O–H groups in total. The molecule has 0 heterocycles. The molecule has 2 rings (SSSR count). The normalized spacial score (nSPS) is 10.0. The summed E-state index contributed by atoms with van der Waals surface area (Å²) in [6, 6.07) is 13.1. The summed E-state index contributed by atoms with van der Waals surface area (Å²) in [6.45, 7) is 1.17. The lowest BCUT2D eigenvalue weighted by molar-refractivity contribution is 0.306. The van der Waals surface area contributed by atoms with Crippen LogP contribution in [0.15, 0.2) is 42.5 Å². The fourth-order valence-corrected chi connectivity index (χ4v) is 2.13. The average molecular weight is 308 g/mol. The van der Waals surface area contributed by atoms with E-state index in [1.54, 1.807) is 14.2 Å². The third-order valence-electron chi connectivity index (χ3n) is 2.91. The monoisotopic (exact) mass is 307 g/mol. The highest BCUT2D eigenvalue weighted by atomic mass is 35.5. The van der Waals surface area contributed by atoms with E-state index in [1.807, 2.05) is 42.5 Å². The third-order valence-corrected chi connectivity index (χ3v) is 3.20. The summed E-state index contributed by atoms with van der Waals surface area (Å²) in [6.07, 6.45) is 0. The zero-order chi connectivity index (χ0) is 15.1. The Labute approximate surface area is 129 Å². The van der Waals surface area contributed by atoms with Gasteiger partial charge in [0, 0.05) is 12.2 Å². The van der Waals surface area contributed by atoms with Crippen LogP contribution in [0.5, 0.6) is 17.2 Å². The summed E-state index contributed by atoms with van der Waals surface area (Å²) >= 11 is 6.07. The maximum absolute atomic E-state index is 6.07. The highest BCUT2D eigenvalue weighted by Crippen LogP contribution is 2.27. The molecule has 0 radical (unpaired) electrons. The van der Waals surface area contributed by atoms with Gasteiger partial charge in [-0.05, 0) is 30.3 Å². The minimum atomic E-state index is 0.518. The van der Waals surface area contributed by atoms with Gasteiger partial charge in [0.1, 0.15) is 12.4 Å². The van der Waals surface area contributed by atoms with E-state index in [4.69, 9.17) is 25.8 Å². The molecule has 0 atom stereocenters. The maximum atomic E-state index is 6.07. The van der Waals surface area contributed by atoms with Gasteiger partial charge in [-0.15, -0.1) is 0 Å². The first-order chi connectivity index (χ1) is 10.2. The number of para-hydroxylation sites is 2. The number of halogens is 1. The van der Waals surface area contributed by atoms with Crippen LogP contribution >= 0.6 is 11.6 Å². The Kier molecular flexibility index (Phi) is 5.58. The molecule has 5 heteroatoms. The number of anilines is 1. The lowest BCUT2D eigenvalue weighted by Gasteiger charge is -2.12. The standard InChI is InChI=1S/C16H18ClNO3/c1-19-14-8-7-12(11-13(14)17)18-9-10-21-16-6-4-3-5-15(16)20-2/h3-8,11,18H,9-10H2,1-2H3. The number of nitrogens with one attached hydrogen (secondary N) is 1. The van der Waals surface area contributed by atoms with Gasteiger partial charge in [-0.3, -0.25) is 0 Å². The second kappa shape index (κ2) is 7.64. The average Bonchev–Trinajstić information content (AvgIpc) is 2.52. The van der Waals surface area contributed by atoms with Gasteiger partial charge >= 0.3 is 0 Å². The molecule has 0 unspecified atom stereocenters. The lowest BCUT2D eigenvalue weighted by atomic mass is 10.3. The molecule has 4 nitrogen and oxygen atoms in total. The molecule has 0 aliphatic carbocycles. The van der Waals surface area contributed by atoms with Crippen molar-refractivity contribution in [2.24, 2.45) is 0 Å². The van der Waals surface area contributed by atoms with E-state index < -0.39 is 0 Å². The molecule has 0 amide bonds. The van der Waals surface area contributed by atoms with Crippen molar-refractivity contribution < 1.29 is 14.2 Å². The largest absolute Gasteiger partial charge is 0.495 e. The van der Waals surface area contributed by atoms with Crippen molar-refractivity contribution in [3.05, 3.63) is 47.5 Å². The Morgan fingerprint density at radius 2 is 1.67 bits per heavy atom. The Morgan fingerprint density at radius 3 is 2.33 bits per heavy atom. The second-order valence-electron chi connectivity index (χ2n) is 4.28. The molecule has 0 saturated carbocycles. The number of methoxy groups -OCH3 is 2. The zero-order valence-electron chi connectivity index (χ0n) is 12.1. The summed E-state index contributed by atoms with van der Waals surface area (Å²) in [5.74, 6) is 2.12. The predicted molar refractivity (Wildman–Crippen MR) is 85.0 cm³/mol. The van der Waals surface area contributed by atoms with Gasteiger partial charge in [0.05, 0.1) is 19.2 Å². The molecular weight excluding hydrogens is 290 g/mol. The van der Waals surface area contributed by atoms with Crippen LogP contribution in [0, 0.1) is 0 Å². The Balaban J connectivity index is 1.83. The van der Waals surface area contributed by atoms with Crippen molar-refractivity contribution in [1.29, 1.82) is 0 Å². The molecular formula is C16H18ClNO3. The van der Waals surface area contributed by atoms with Gasteiger partial charge in [-0.1, -0.05) is 23.7 Å². The smallest absolute Gasteiger partial charge is 0.161 e. The molecule has 0 fully saturated rings. The summed E-state index contributed by atoms with van der Waals surface area (Å²) < 4.78 is 16.0. The SMILES string of the molecule is COc1ccc(NCCOc2ccccc2OC)cc1Cl. The highest BCUT2D eigenvalue weighted by molar-refractivity contribution is 6.32. The van der Waals surface area contributed by atoms with Crippen molar-refractivity contribution in [3.8, 4) is 17.2 Å². The van der Waals surface area contributed by atoms with Gasteiger partial charge in [0.2, 0.25) is 0 Å². The summed E-state index contributed by atoms with van der Waals surface area (Å²) in [5, 5.41) is 3.82. The maximum Gasteiger partial charge on any atom is 0.161 e. The summed E-state index contributed by atoms with van der Waals surface area (Å²) in [4.78, 5) is 0. The van der Waals surface area contributed by atoms with Gasteiger partial charge < -0.3 is 19.5 Å².